The minimum atomic E-state index is 0.686. The van der Waals surface area contributed by atoms with Gasteiger partial charge in [-0.3, -0.25) is 9.69 Å². The smallest absolute Gasteiger partial charge is 0.226 e. The maximum absolute atomic E-state index is 10.9. The molecule has 23 heavy (non-hydrogen) atoms. The van der Waals surface area contributed by atoms with E-state index in [1.54, 1.807) is 0 Å². The van der Waals surface area contributed by atoms with Gasteiger partial charge < -0.3 is 9.32 Å². The van der Waals surface area contributed by atoms with Gasteiger partial charge in [-0.25, -0.2) is 4.98 Å². The van der Waals surface area contributed by atoms with Gasteiger partial charge in [0, 0.05) is 38.3 Å². The number of carbonyl (C=O) groups is 1. The largest absolute Gasteiger partial charge is 0.441 e. The third kappa shape index (κ3) is 3.79. The molecule has 2 heterocycles. The zero-order chi connectivity index (χ0) is 16.2. The van der Waals surface area contributed by atoms with Crippen molar-refractivity contribution in [2.45, 2.75) is 26.8 Å². The molecule has 1 saturated heterocycles. The van der Waals surface area contributed by atoms with Crippen LogP contribution in [-0.2, 0) is 11.3 Å². The first kappa shape index (κ1) is 15.7. The highest BCUT2D eigenvalue weighted by Crippen LogP contribution is 2.23. The zero-order valence-electron chi connectivity index (χ0n) is 13.8. The lowest BCUT2D eigenvalue weighted by molar-refractivity contribution is -0.118. The van der Waals surface area contributed by atoms with Crippen LogP contribution in [0.5, 0.6) is 0 Å². The van der Waals surface area contributed by atoms with Crippen LogP contribution in [0.3, 0.4) is 0 Å². The molecule has 5 nitrogen and oxygen atoms in total. The van der Waals surface area contributed by atoms with E-state index < -0.39 is 0 Å². The van der Waals surface area contributed by atoms with E-state index in [1.165, 1.54) is 5.56 Å². The molecule has 0 spiro atoms. The lowest BCUT2D eigenvalue weighted by atomic mass is 10.1. The Morgan fingerprint density at radius 1 is 1.22 bits per heavy atom. The molecule has 0 aliphatic carbocycles. The van der Waals surface area contributed by atoms with Gasteiger partial charge in [0.1, 0.15) is 5.76 Å². The molecular weight excluding hydrogens is 290 g/mol. The number of oxazole rings is 1. The predicted octanol–water partition coefficient (Wildman–Crippen LogP) is 2.62. The highest BCUT2D eigenvalue weighted by Gasteiger charge is 2.18. The standard InChI is InChI=1S/C18H23N3O2/c1-14-5-3-6-16(11-14)18-19-17(15(2)23-18)12-20-7-4-8-21(13-22)10-9-20/h3,5-6,11,13H,4,7-10,12H2,1-2H3. The van der Waals surface area contributed by atoms with Gasteiger partial charge in [-0.15, -0.1) is 0 Å². The maximum atomic E-state index is 10.9. The average molecular weight is 313 g/mol. The highest BCUT2D eigenvalue weighted by molar-refractivity contribution is 5.54. The molecular formula is C18H23N3O2. The van der Waals surface area contributed by atoms with Gasteiger partial charge >= 0.3 is 0 Å². The Kier molecular flexibility index (Phi) is 4.76. The van der Waals surface area contributed by atoms with Crippen LogP contribution in [0.25, 0.3) is 11.5 Å². The van der Waals surface area contributed by atoms with Gasteiger partial charge in [-0.1, -0.05) is 17.7 Å². The average Bonchev–Trinajstić information content (AvgIpc) is 2.77. The Hall–Kier alpha value is -2.14. The van der Waals surface area contributed by atoms with Crippen molar-refractivity contribution < 1.29 is 9.21 Å². The number of aromatic nitrogens is 1. The molecule has 0 N–H and O–H groups in total. The number of hydrogen-bond acceptors (Lipinski definition) is 4. The number of carbonyl (C=O) groups excluding carboxylic acids is 1. The molecule has 0 atom stereocenters. The molecule has 1 aromatic carbocycles. The van der Waals surface area contributed by atoms with Gasteiger partial charge in [0.2, 0.25) is 12.3 Å². The van der Waals surface area contributed by atoms with E-state index in [2.05, 4.69) is 24.0 Å². The summed E-state index contributed by atoms with van der Waals surface area (Å²) in [5.41, 5.74) is 3.20. The molecule has 0 saturated carbocycles. The fourth-order valence-corrected chi connectivity index (χ4v) is 2.94. The summed E-state index contributed by atoms with van der Waals surface area (Å²) in [6.07, 6.45) is 1.95. The number of rotatable bonds is 4. The summed E-state index contributed by atoms with van der Waals surface area (Å²) in [5.74, 6) is 1.56. The van der Waals surface area contributed by atoms with Crippen LogP contribution < -0.4 is 0 Å². The SMILES string of the molecule is Cc1cccc(-c2nc(CN3CCCN(C=O)CC3)c(C)o2)c1. The lowest BCUT2D eigenvalue weighted by Crippen LogP contribution is -2.30. The third-order valence-electron chi connectivity index (χ3n) is 4.30. The van der Waals surface area contributed by atoms with Gasteiger partial charge in [0.15, 0.2) is 0 Å². The van der Waals surface area contributed by atoms with E-state index in [0.717, 1.165) is 62.6 Å². The first-order chi connectivity index (χ1) is 11.2. The van der Waals surface area contributed by atoms with Crippen molar-refractivity contribution in [2.24, 2.45) is 0 Å². The summed E-state index contributed by atoms with van der Waals surface area (Å²) in [6.45, 7) is 8.29. The zero-order valence-corrected chi connectivity index (χ0v) is 13.8. The Labute approximate surface area is 136 Å². The number of nitrogens with zero attached hydrogens (tertiary/aromatic N) is 3. The first-order valence-corrected chi connectivity index (χ1v) is 8.11. The molecule has 0 bridgehead atoms. The van der Waals surface area contributed by atoms with E-state index in [9.17, 15) is 4.79 Å². The van der Waals surface area contributed by atoms with Crippen molar-refractivity contribution in [3.8, 4) is 11.5 Å². The van der Waals surface area contributed by atoms with Crippen molar-refractivity contribution in [1.29, 1.82) is 0 Å². The van der Waals surface area contributed by atoms with Crippen LogP contribution in [0.2, 0.25) is 0 Å². The van der Waals surface area contributed by atoms with Gasteiger partial charge in [0.05, 0.1) is 5.69 Å². The second-order valence-corrected chi connectivity index (χ2v) is 6.16. The van der Waals surface area contributed by atoms with E-state index in [0.29, 0.717) is 5.89 Å². The Morgan fingerprint density at radius 3 is 2.87 bits per heavy atom. The summed E-state index contributed by atoms with van der Waals surface area (Å²) < 4.78 is 5.87. The lowest BCUT2D eigenvalue weighted by Gasteiger charge is -2.18. The van der Waals surface area contributed by atoms with Crippen molar-refractivity contribution in [3.05, 3.63) is 41.3 Å². The van der Waals surface area contributed by atoms with Gasteiger partial charge in [0.25, 0.3) is 0 Å². The summed E-state index contributed by atoms with van der Waals surface area (Å²) >= 11 is 0. The molecule has 1 aliphatic rings. The molecule has 2 aromatic rings. The fourth-order valence-electron chi connectivity index (χ4n) is 2.94. The molecule has 1 fully saturated rings. The van der Waals surface area contributed by atoms with Gasteiger partial charge in [-0.05, 0) is 32.4 Å². The summed E-state index contributed by atoms with van der Waals surface area (Å²) in [6, 6.07) is 8.20. The Morgan fingerprint density at radius 2 is 2.09 bits per heavy atom. The van der Waals surface area contributed by atoms with Crippen molar-refractivity contribution in [1.82, 2.24) is 14.8 Å². The van der Waals surface area contributed by atoms with Crippen molar-refractivity contribution >= 4 is 6.41 Å². The topological polar surface area (TPSA) is 49.6 Å². The molecule has 1 aromatic heterocycles. The third-order valence-corrected chi connectivity index (χ3v) is 4.30. The number of hydrogen-bond donors (Lipinski definition) is 0. The van der Waals surface area contributed by atoms with Crippen LogP contribution in [0.15, 0.2) is 28.7 Å². The molecule has 0 radical (unpaired) electrons. The van der Waals surface area contributed by atoms with E-state index in [4.69, 9.17) is 9.40 Å². The van der Waals surface area contributed by atoms with Gasteiger partial charge in [-0.2, -0.15) is 0 Å². The summed E-state index contributed by atoms with van der Waals surface area (Å²) in [5, 5.41) is 0. The highest BCUT2D eigenvalue weighted by atomic mass is 16.4. The summed E-state index contributed by atoms with van der Waals surface area (Å²) in [4.78, 5) is 19.8. The van der Waals surface area contributed by atoms with Crippen LogP contribution in [0.4, 0.5) is 0 Å². The Balaban J connectivity index is 1.72. The number of amides is 1. The van der Waals surface area contributed by atoms with Crippen molar-refractivity contribution in [3.63, 3.8) is 0 Å². The van der Waals surface area contributed by atoms with E-state index in [-0.39, 0.29) is 0 Å². The minimum Gasteiger partial charge on any atom is -0.441 e. The van der Waals surface area contributed by atoms with E-state index in [1.807, 2.05) is 24.0 Å². The normalized spacial score (nSPS) is 16.3. The second-order valence-electron chi connectivity index (χ2n) is 6.16. The first-order valence-electron chi connectivity index (χ1n) is 8.11. The maximum Gasteiger partial charge on any atom is 0.226 e. The second kappa shape index (κ2) is 6.96. The summed E-state index contributed by atoms with van der Waals surface area (Å²) in [7, 11) is 0. The number of benzene rings is 1. The van der Waals surface area contributed by atoms with Crippen LogP contribution in [0.1, 0.15) is 23.4 Å². The minimum absolute atomic E-state index is 0.686. The quantitative estimate of drug-likeness (QED) is 0.814. The molecule has 3 rings (SSSR count). The fraction of sp³-hybridized carbons (Fsp3) is 0.444. The van der Waals surface area contributed by atoms with Crippen molar-refractivity contribution in [2.75, 3.05) is 26.2 Å². The number of aryl methyl sites for hydroxylation is 2. The monoisotopic (exact) mass is 313 g/mol. The van der Waals surface area contributed by atoms with Crippen LogP contribution in [0, 0.1) is 13.8 Å². The van der Waals surface area contributed by atoms with Crippen LogP contribution in [-0.4, -0.2) is 47.4 Å². The molecule has 122 valence electrons. The Bertz CT molecular complexity index is 681. The van der Waals surface area contributed by atoms with Crippen LogP contribution >= 0.6 is 0 Å². The molecule has 1 amide bonds. The molecule has 1 aliphatic heterocycles. The van der Waals surface area contributed by atoms with E-state index >= 15 is 0 Å². The molecule has 0 unspecified atom stereocenters. The molecule has 5 heteroatoms. The predicted molar refractivity (Wildman–Crippen MR) is 88.9 cm³/mol.